The molecule has 1 saturated heterocycles. The minimum Gasteiger partial charge on any atom is -0.370 e. The molecule has 2 aromatic rings. The Kier molecular flexibility index (Phi) is 4.45. The molecule has 3 rings (SSSR count). The second-order valence-electron chi connectivity index (χ2n) is 4.85. The van der Waals surface area contributed by atoms with E-state index in [1.54, 1.807) is 6.20 Å². The third kappa shape index (κ3) is 3.39. The average Bonchev–Trinajstić information content (AvgIpc) is 3.08. The number of hydrogen-bond donors (Lipinski definition) is 1. The zero-order chi connectivity index (χ0) is 14.5. The number of para-hydroxylation sites is 1. The summed E-state index contributed by atoms with van der Waals surface area (Å²) in [6, 6.07) is 10.1. The topological polar surface area (TPSA) is 59.4 Å². The first kappa shape index (κ1) is 14.0. The van der Waals surface area contributed by atoms with Gasteiger partial charge >= 0.3 is 0 Å². The van der Waals surface area contributed by atoms with Gasteiger partial charge in [0.1, 0.15) is 0 Å². The van der Waals surface area contributed by atoms with Gasteiger partial charge in [0.15, 0.2) is 5.96 Å². The Balaban J connectivity index is 1.76. The molecule has 6 heteroatoms. The van der Waals surface area contributed by atoms with Crippen molar-refractivity contribution in [2.24, 2.45) is 10.7 Å². The van der Waals surface area contributed by atoms with Crippen molar-refractivity contribution in [3.63, 3.8) is 0 Å². The monoisotopic (exact) mass is 301 g/mol. The molecule has 21 heavy (non-hydrogen) atoms. The van der Waals surface area contributed by atoms with Crippen LogP contribution in [0.2, 0.25) is 0 Å². The molecule has 0 atom stereocenters. The van der Waals surface area contributed by atoms with Gasteiger partial charge < -0.3 is 10.6 Å². The van der Waals surface area contributed by atoms with Crippen molar-refractivity contribution in [2.75, 3.05) is 24.6 Å². The number of thioether (sulfide) groups is 1. The number of nitrogens with zero attached hydrogens (tertiary/aromatic N) is 4. The molecule has 2 N–H and O–H groups in total. The minimum atomic E-state index is 0.575. The van der Waals surface area contributed by atoms with E-state index in [-0.39, 0.29) is 0 Å². The Morgan fingerprint density at radius 2 is 2.05 bits per heavy atom. The number of hydrogen-bond acceptors (Lipinski definition) is 3. The number of guanidine groups is 1. The summed E-state index contributed by atoms with van der Waals surface area (Å²) in [7, 11) is 0. The highest BCUT2D eigenvalue weighted by Crippen LogP contribution is 2.15. The molecule has 0 aliphatic carbocycles. The third-order valence-electron chi connectivity index (χ3n) is 3.49. The largest absolute Gasteiger partial charge is 0.370 e. The van der Waals surface area contributed by atoms with E-state index in [9.17, 15) is 0 Å². The highest BCUT2D eigenvalue weighted by atomic mass is 32.2. The van der Waals surface area contributed by atoms with E-state index in [2.05, 4.69) is 21.1 Å². The molecule has 1 aromatic heterocycles. The van der Waals surface area contributed by atoms with Crippen LogP contribution in [-0.2, 0) is 6.54 Å². The lowest BCUT2D eigenvalue weighted by molar-refractivity contribution is 0.455. The molecule has 1 aliphatic rings. The van der Waals surface area contributed by atoms with Crippen LogP contribution in [0.3, 0.4) is 0 Å². The van der Waals surface area contributed by atoms with Gasteiger partial charge in [-0.05, 0) is 17.7 Å². The van der Waals surface area contributed by atoms with Gasteiger partial charge in [-0.3, -0.25) is 0 Å². The van der Waals surface area contributed by atoms with Crippen LogP contribution < -0.4 is 5.73 Å². The Hall–Kier alpha value is -1.95. The Labute approximate surface area is 128 Å². The lowest BCUT2D eigenvalue weighted by Gasteiger charge is -2.27. The summed E-state index contributed by atoms with van der Waals surface area (Å²) < 4.78 is 1.86. The van der Waals surface area contributed by atoms with E-state index in [0.717, 1.165) is 35.8 Å². The van der Waals surface area contributed by atoms with Crippen molar-refractivity contribution < 1.29 is 0 Å². The van der Waals surface area contributed by atoms with Gasteiger partial charge in [0.2, 0.25) is 0 Å². The molecule has 0 bridgehead atoms. The SMILES string of the molecule is NC(=NCc1ccccc1-n1cccn1)N1CCSCC1. The summed E-state index contributed by atoms with van der Waals surface area (Å²) in [4.78, 5) is 6.72. The van der Waals surface area contributed by atoms with Crippen LogP contribution in [0, 0.1) is 0 Å². The summed E-state index contributed by atoms with van der Waals surface area (Å²) in [5.74, 6) is 2.89. The molecule has 0 saturated carbocycles. The smallest absolute Gasteiger partial charge is 0.191 e. The molecule has 0 amide bonds. The molecule has 5 nitrogen and oxygen atoms in total. The second-order valence-corrected chi connectivity index (χ2v) is 6.08. The molecule has 0 spiro atoms. The summed E-state index contributed by atoms with van der Waals surface area (Å²) >= 11 is 1.97. The lowest BCUT2D eigenvalue weighted by Crippen LogP contribution is -2.42. The van der Waals surface area contributed by atoms with Gasteiger partial charge in [0.05, 0.1) is 12.2 Å². The van der Waals surface area contributed by atoms with Gasteiger partial charge in [0.25, 0.3) is 0 Å². The maximum atomic E-state index is 6.11. The van der Waals surface area contributed by atoms with Gasteiger partial charge in [-0.15, -0.1) is 0 Å². The van der Waals surface area contributed by atoms with Gasteiger partial charge in [-0.1, -0.05) is 18.2 Å². The van der Waals surface area contributed by atoms with E-state index in [0.29, 0.717) is 12.5 Å². The number of aliphatic imine (C=N–C) groups is 1. The fourth-order valence-electron chi connectivity index (χ4n) is 2.34. The van der Waals surface area contributed by atoms with Crippen LogP contribution in [0.1, 0.15) is 5.56 Å². The van der Waals surface area contributed by atoms with Crippen molar-refractivity contribution in [1.82, 2.24) is 14.7 Å². The van der Waals surface area contributed by atoms with Crippen molar-refractivity contribution in [3.8, 4) is 5.69 Å². The van der Waals surface area contributed by atoms with E-state index in [1.165, 1.54) is 0 Å². The molecular formula is C15H19N5S. The molecule has 0 unspecified atom stereocenters. The zero-order valence-electron chi connectivity index (χ0n) is 11.9. The average molecular weight is 301 g/mol. The highest BCUT2D eigenvalue weighted by Gasteiger charge is 2.12. The van der Waals surface area contributed by atoms with E-state index in [1.807, 2.05) is 46.9 Å². The van der Waals surface area contributed by atoms with E-state index in [4.69, 9.17) is 5.73 Å². The standard InChI is InChI=1S/C15H19N5S/c16-15(19-8-10-21-11-9-19)17-12-13-4-1-2-5-14(13)20-7-3-6-18-20/h1-7H,8-12H2,(H2,16,17). The van der Waals surface area contributed by atoms with Crippen LogP contribution >= 0.6 is 11.8 Å². The molecule has 2 heterocycles. The van der Waals surface area contributed by atoms with Gasteiger partial charge in [0, 0.05) is 37.0 Å². The quantitative estimate of drug-likeness (QED) is 0.693. The predicted octanol–water partition coefficient (Wildman–Crippen LogP) is 1.74. The molecule has 110 valence electrons. The fourth-order valence-corrected chi connectivity index (χ4v) is 3.24. The minimum absolute atomic E-state index is 0.575. The Morgan fingerprint density at radius 1 is 1.24 bits per heavy atom. The molecular weight excluding hydrogens is 282 g/mol. The van der Waals surface area contributed by atoms with E-state index >= 15 is 0 Å². The third-order valence-corrected chi connectivity index (χ3v) is 4.43. The number of aromatic nitrogens is 2. The first-order chi connectivity index (χ1) is 10.3. The summed E-state index contributed by atoms with van der Waals surface area (Å²) in [6.45, 7) is 2.55. The van der Waals surface area contributed by atoms with Crippen LogP contribution in [0.4, 0.5) is 0 Å². The van der Waals surface area contributed by atoms with Gasteiger partial charge in [-0.25, -0.2) is 9.67 Å². The molecule has 0 radical (unpaired) electrons. The van der Waals surface area contributed by atoms with Crippen molar-refractivity contribution in [3.05, 3.63) is 48.3 Å². The Morgan fingerprint density at radius 3 is 2.81 bits per heavy atom. The first-order valence-corrected chi connectivity index (χ1v) is 8.20. The van der Waals surface area contributed by atoms with Crippen molar-refractivity contribution in [1.29, 1.82) is 0 Å². The van der Waals surface area contributed by atoms with E-state index < -0.39 is 0 Å². The van der Waals surface area contributed by atoms with Crippen LogP contribution in [0.25, 0.3) is 5.69 Å². The normalized spacial score (nSPS) is 16.2. The highest BCUT2D eigenvalue weighted by molar-refractivity contribution is 7.99. The fraction of sp³-hybridized carbons (Fsp3) is 0.333. The second kappa shape index (κ2) is 6.67. The number of rotatable bonds is 3. The van der Waals surface area contributed by atoms with Crippen molar-refractivity contribution >= 4 is 17.7 Å². The first-order valence-electron chi connectivity index (χ1n) is 7.05. The summed E-state index contributed by atoms with van der Waals surface area (Å²) in [6.07, 6.45) is 3.72. The molecule has 1 fully saturated rings. The van der Waals surface area contributed by atoms with Crippen LogP contribution in [-0.4, -0.2) is 45.2 Å². The zero-order valence-corrected chi connectivity index (χ0v) is 12.7. The molecule has 1 aromatic carbocycles. The summed E-state index contributed by atoms with van der Waals surface area (Å²) in [5, 5.41) is 4.29. The van der Waals surface area contributed by atoms with Crippen molar-refractivity contribution in [2.45, 2.75) is 6.54 Å². The number of nitrogens with two attached hydrogens (primary N) is 1. The number of benzene rings is 1. The van der Waals surface area contributed by atoms with Gasteiger partial charge in [-0.2, -0.15) is 16.9 Å². The summed E-state index contributed by atoms with van der Waals surface area (Å²) in [5.41, 5.74) is 8.28. The maximum Gasteiger partial charge on any atom is 0.191 e. The molecule has 1 aliphatic heterocycles. The van der Waals surface area contributed by atoms with Crippen LogP contribution in [0.5, 0.6) is 0 Å². The Bertz CT molecular complexity index is 602. The van der Waals surface area contributed by atoms with Crippen LogP contribution in [0.15, 0.2) is 47.7 Å². The lowest BCUT2D eigenvalue weighted by atomic mass is 10.2. The predicted molar refractivity (Wildman–Crippen MR) is 87.8 cm³/mol. The maximum absolute atomic E-state index is 6.11.